The van der Waals surface area contributed by atoms with E-state index in [-0.39, 0.29) is 11.9 Å². The number of nitrogens with zero attached hydrogens (tertiary/aromatic N) is 1. The number of rotatable bonds is 8. The van der Waals surface area contributed by atoms with Gasteiger partial charge < -0.3 is 19.1 Å². The van der Waals surface area contributed by atoms with Crippen molar-refractivity contribution in [3.63, 3.8) is 0 Å². The van der Waals surface area contributed by atoms with Crippen LogP contribution >= 0.6 is 0 Å². The van der Waals surface area contributed by atoms with Crippen LogP contribution in [0.15, 0.2) is 18.2 Å². The van der Waals surface area contributed by atoms with Crippen LogP contribution in [0.4, 0.5) is 0 Å². The van der Waals surface area contributed by atoms with E-state index >= 15 is 0 Å². The maximum absolute atomic E-state index is 12.6. The van der Waals surface area contributed by atoms with Crippen LogP contribution in [0.3, 0.4) is 0 Å². The standard InChI is InChI=1S/C20H29NO4/c1-5-7-10-21(15(3)6-2)19(22)9-8-16-13-17(23-4)20-18(14-16)24-11-12-25-20/h8-9,13-15H,5-7,10-12H2,1-4H3/b9-8+. The van der Waals surface area contributed by atoms with Gasteiger partial charge in [-0.15, -0.1) is 0 Å². The Hall–Kier alpha value is -2.17. The first-order chi connectivity index (χ1) is 12.1. The summed E-state index contributed by atoms with van der Waals surface area (Å²) in [5, 5.41) is 0. The van der Waals surface area contributed by atoms with E-state index in [4.69, 9.17) is 14.2 Å². The van der Waals surface area contributed by atoms with Gasteiger partial charge in [0.1, 0.15) is 13.2 Å². The molecule has 0 saturated carbocycles. The Morgan fingerprint density at radius 3 is 2.76 bits per heavy atom. The summed E-state index contributed by atoms with van der Waals surface area (Å²) < 4.78 is 16.6. The van der Waals surface area contributed by atoms with Crippen LogP contribution in [0.25, 0.3) is 6.08 Å². The second-order valence-electron chi connectivity index (χ2n) is 6.22. The average Bonchev–Trinajstić information content (AvgIpc) is 2.65. The van der Waals surface area contributed by atoms with Crippen LogP contribution in [0, 0.1) is 0 Å². The Morgan fingerprint density at radius 1 is 1.32 bits per heavy atom. The second kappa shape index (κ2) is 9.35. The summed E-state index contributed by atoms with van der Waals surface area (Å²) in [5.41, 5.74) is 0.856. The lowest BCUT2D eigenvalue weighted by Crippen LogP contribution is -2.37. The van der Waals surface area contributed by atoms with Crippen LogP contribution in [0.5, 0.6) is 17.2 Å². The molecular weight excluding hydrogens is 318 g/mol. The van der Waals surface area contributed by atoms with Gasteiger partial charge in [0.25, 0.3) is 0 Å². The third kappa shape index (κ3) is 4.91. The SMILES string of the molecule is CCCCN(C(=O)/C=C/c1cc(OC)c2c(c1)OCCO2)C(C)CC. The first-order valence-electron chi connectivity index (χ1n) is 9.07. The van der Waals surface area contributed by atoms with Gasteiger partial charge in [0.2, 0.25) is 11.7 Å². The van der Waals surface area contributed by atoms with Crippen molar-refractivity contribution in [2.24, 2.45) is 0 Å². The molecular formula is C20H29NO4. The zero-order valence-electron chi connectivity index (χ0n) is 15.7. The molecule has 0 fully saturated rings. The number of unbranched alkanes of at least 4 members (excludes halogenated alkanes) is 1. The predicted octanol–water partition coefficient (Wildman–Crippen LogP) is 3.91. The molecule has 138 valence electrons. The second-order valence-corrected chi connectivity index (χ2v) is 6.22. The predicted molar refractivity (Wildman–Crippen MR) is 99.4 cm³/mol. The number of hydrogen-bond acceptors (Lipinski definition) is 4. The molecule has 1 amide bonds. The number of benzene rings is 1. The minimum atomic E-state index is 0.0386. The molecule has 2 rings (SSSR count). The number of amides is 1. The van der Waals surface area contributed by atoms with Crippen LogP contribution in [-0.4, -0.2) is 43.7 Å². The molecule has 5 nitrogen and oxygen atoms in total. The van der Waals surface area contributed by atoms with Gasteiger partial charge in [-0.3, -0.25) is 4.79 Å². The highest BCUT2D eigenvalue weighted by Gasteiger charge is 2.19. The number of carbonyl (C=O) groups is 1. The first kappa shape index (κ1) is 19.2. The highest BCUT2D eigenvalue weighted by Crippen LogP contribution is 2.40. The van der Waals surface area contributed by atoms with Crippen LogP contribution in [0.1, 0.15) is 45.6 Å². The van der Waals surface area contributed by atoms with E-state index in [1.54, 1.807) is 13.2 Å². The summed E-state index contributed by atoms with van der Waals surface area (Å²) in [5.74, 6) is 1.94. The molecule has 1 aliphatic heterocycles. The van der Waals surface area contributed by atoms with Gasteiger partial charge in [0, 0.05) is 18.7 Å². The molecule has 0 bridgehead atoms. The zero-order valence-corrected chi connectivity index (χ0v) is 15.7. The minimum Gasteiger partial charge on any atom is -0.493 e. The van der Waals surface area contributed by atoms with Gasteiger partial charge in [-0.1, -0.05) is 20.3 Å². The molecule has 25 heavy (non-hydrogen) atoms. The fourth-order valence-electron chi connectivity index (χ4n) is 2.75. The summed E-state index contributed by atoms with van der Waals surface area (Å²) >= 11 is 0. The van der Waals surface area contributed by atoms with E-state index in [0.29, 0.717) is 30.5 Å². The van der Waals surface area contributed by atoms with Gasteiger partial charge in [-0.2, -0.15) is 0 Å². The van der Waals surface area contributed by atoms with Gasteiger partial charge in [0.15, 0.2) is 11.5 Å². The molecule has 1 aliphatic rings. The Morgan fingerprint density at radius 2 is 2.08 bits per heavy atom. The molecule has 1 aromatic rings. The number of fused-ring (bicyclic) bond motifs is 1. The third-order valence-electron chi connectivity index (χ3n) is 4.43. The van der Waals surface area contributed by atoms with Gasteiger partial charge in [0.05, 0.1) is 7.11 Å². The van der Waals surface area contributed by atoms with Crippen molar-refractivity contribution in [2.45, 2.75) is 46.1 Å². The van der Waals surface area contributed by atoms with E-state index in [1.165, 1.54) is 0 Å². The Balaban J connectivity index is 2.17. The van der Waals surface area contributed by atoms with Crippen molar-refractivity contribution >= 4 is 12.0 Å². The summed E-state index contributed by atoms with van der Waals surface area (Å²) in [6.07, 6.45) is 6.48. The van der Waals surface area contributed by atoms with Crippen LogP contribution in [0.2, 0.25) is 0 Å². The van der Waals surface area contributed by atoms with Gasteiger partial charge in [-0.05, 0) is 43.5 Å². The fraction of sp³-hybridized carbons (Fsp3) is 0.550. The first-order valence-corrected chi connectivity index (χ1v) is 9.07. The molecule has 1 atom stereocenters. The largest absolute Gasteiger partial charge is 0.493 e. The van der Waals surface area contributed by atoms with Crippen molar-refractivity contribution in [1.29, 1.82) is 0 Å². The quantitative estimate of drug-likeness (QED) is 0.669. The van der Waals surface area contributed by atoms with Gasteiger partial charge >= 0.3 is 0 Å². The monoisotopic (exact) mass is 347 g/mol. The van der Waals surface area contributed by atoms with Crippen LogP contribution < -0.4 is 14.2 Å². The number of carbonyl (C=O) groups excluding carboxylic acids is 1. The van der Waals surface area contributed by atoms with Crippen LogP contribution in [-0.2, 0) is 4.79 Å². The lowest BCUT2D eigenvalue weighted by atomic mass is 10.1. The molecule has 0 saturated heterocycles. The van der Waals surface area contributed by atoms with E-state index in [2.05, 4.69) is 20.8 Å². The lowest BCUT2D eigenvalue weighted by molar-refractivity contribution is -0.128. The Kier molecular flexibility index (Phi) is 7.16. The van der Waals surface area contributed by atoms with E-state index in [0.717, 1.165) is 31.4 Å². The van der Waals surface area contributed by atoms with E-state index < -0.39 is 0 Å². The summed E-state index contributed by atoms with van der Waals surface area (Å²) in [6.45, 7) is 8.15. The molecule has 1 aromatic carbocycles. The number of methoxy groups -OCH3 is 1. The zero-order chi connectivity index (χ0) is 18.2. The molecule has 0 radical (unpaired) electrons. The summed E-state index contributed by atoms with van der Waals surface area (Å²) in [4.78, 5) is 14.6. The maximum Gasteiger partial charge on any atom is 0.246 e. The highest BCUT2D eigenvalue weighted by atomic mass is 16.6. The van der Waals surface area contributed by atoms with Crippen molar-refractivity contribution in [3.05, 3.63) is 23.8 Å². The molecule has 1 unspecified atom stereocenters. The number of ether oxygens (including phenoxy) is 3. The lowest BCUT2D eigenvalue weighted by Gasteiger charge is -2.27. The van der Waals surface area contributed by atoms with Crippen molar-refractivity contribution in [1.82, 2.24) is 4.90 Å². The van der Waals surface area contributed by atoms with Crippen molar-refractivity contribution < 1.29 is 19.0 Å². The van der Waals surface area contributed by atoms with E-state index in [9.17, 15) is 4.79 Å². The van der Waals surface area contributed by atoms with Gasteiger partial charge in [-0.25, -0.2) is 0 Å². The topological polar surface area (TPSA) is 48.0 Å². The summed E-state index contributed by atoms with van der Waals surface area (Å²) in [6, 6.07) is 3.97. The third-order valence-corrected chi connectivity index (χ3v) is 4.43. The smallest absolute Gasteiger partial charge is 0.246 e. The number of hydrogen-bond donors (Lipinski definition) is 0. The highest BCUT2D eigenvalue weighted by molar-refractivity contribution is 5.92. The molecule has 0 aliphatic carbocycles. The van der Waals surface area contributed by atoms with Crippen molar-refractivity contribution in [3.8, 4) is 17.2 Å². The molecule has 0 aromatic heterocycles. The molecule has 1 heterocycles. The Labute approximate surface area is 150 Å². The fourth-order valence-corrected chi connectivity index (χ4v) is 2.75. The molecule has 0 N–H and O–H groups in total. The summed E-state index contributed by atoms with van der Waals surface area (Å²) in [7, 11) is 1.60. The van der Waals surface area contributed by atoms with E-state index in [1.807, 2.05) is 23.1 Å². The normalized spacial score (nSPS) is 14.4. The minimum absolute atomic E-state index is 0.0386. The Bertz CT molecular complexity index is 595. The maximum atomic E-state index is 12.6. The molecule has 0 spiro atoms. The van der Waals surface area contributed by atoms with Crippen molar-refractivity contribution in [2.75, 3.05) is 26.9 Å². The molecule has 5 heteroatoms. The average molecular weight is 347 g/mol.